The predicted octanol–water partition coefficient (Wildman–Crippen LogP) is 2.91. The summed E-state index contributed by atoms with van der Waals surface area (Å²) in [6, 6.07) is 0. The van der Waals surface area contributed by atoms with Crippen molar-refractivity contribution in [1.82, 2.24) is 0 Å². The van der Waals surface area contributed by atoms with Gasteiger partial charge in [-0.05, 0) is 19.6 Å². The van der Waals surface area contributed by atoms with Crippen LogP contribution in [0.2, 0.25) is 0 Å². The van der Waals surface area contributed by atoms with Crippen LogP contribution in [0.1, 0.15) is 27.7 Å². The van der Waals surface area contributed by atoms with Gasteiger partial charge in [0.2, 0.25) is 0 Å². The maximum atomic E-state index is 3.67. The molecular formula is C9H18N2. The average Bonchev–Trinajstić information content (AvgIpc) is 1.88. The Morgan fingerprint density at radius 2 is 1.73 bits per heavy atom. The zero-order chi connectivity index (χ0) is 9.11. The highest BCUT2D eigenvalue weighted by atomic mass is 14.8. The van der Waals surface area contributed by atoms with Crippen molar-refractivity contribution in [2.24, 2.45) is 15.9 Å². The van der Waals surface area contributed by atoms with Gasteiger partial charge in [-0.15, -0.1) is 0 Å². The van der Waals surface area contributed by atoms with Crippen molar-refractivity contribution in [3.8, 4) is 0 Å². The lowest BCUT2D eigenvalue weighted by molar-refractivity contribution is 0.737. The molecule has 0 aliphatic rings. The molecule has 0 rings (SSSR count). The number of hydrogen-bond donors (Lipinski definition) is 0. The van der Waals surface area contributed by atoms with Crippen LogP contribution in [0.5, 0.6) is 0 Å². The van der Waals surface area contributed by atoms with E-state index in [1.165, 1.54) is 6.34 Å². The largest absolute Gasteiger partial charge is 0.253 e. The van der Waals surface area contributed by atoms with E-state index in [-0.39, 0.29) is 0 Å². The highest BCUT2D eigenvalue weighted by molar-refractivity contribution is 5.62. The number of rotatable bonds is 2. The standard InChI is InChI=1S/C5H8N2.C4H10/c1-3-4-7-5-6-2;1-4(2)3/h3-5H,2H2,1H3;4H,1-3H3/b4-3-,7-5?;. The van der Waals surface area contributed by atoms with Gasteiger partial charge in [-0.25, -0.2) is 4.99 Å². The van der Waals surface area contributed by atoms with Gasteiger partial charge >= 0.3 is 0 Å². The Labute approximate surface area is 69.8 Å². The van der Waals surface area contributed by atoms with Gasteiger partial charge in [0.25, 0.3) is 0 Å². The van der Waals surface area contributed by atoms with Gasteiger partial charge < -0.3 is 0 Å². The van der Waals surface area contributed by atoms with E-state index in [4.69, 9.17) is 0 Å². The summed E-state index contributed by atoms with van der Waals surface area (Å²) in [5.41, 5.74) is 0. The minimum atomic E-state index is 0.833. The van der Waals surface area contributed by atoms with Gasteiger partial charge in [0.15, 0.2) is 0 Å². The zero-order valence-electron chi connectivity index (χ0n) is 7.91. The number of nitrogens with zero attached hydrogens (tertiary/aromatic N) is 2. The van der Waals surface area contributed by atoms with Crippen LogP contribution in [0, 0.1) is 5.92 Å². The quantitative estimate of drug-likeness (QED) is 0.431. The van der Waals surface area contributed by atoms with Crippen LogP contribution in [0.15, 0.2) is 22.3 Å². The minimum absolute atomic E-state index is 0.833. The van der Waals surface area contributed by atoms with Crippen molar-refractivity contribution in [3.05, 3.63) is 12.3 Å². The van der Waals surface area contributed by atoms with Crippen molar-refractivity contribution in [2.75, 3.05) is 0 Å². The molecule has 0 saturated carbocycles. The molecule has 0 unspecified atom stereocenters. The van der Waals surface area contributed by atoms with Crippen LogP contribution >= 0.6 is 0 Å². The first-order valence-electron chi connectivity index (χ1n) is 3.73. The van der Waals surface area contributed by atoms with E-state index >= 15 is 0 Å². The molecule has 0 aromatic carbocycles. The second kappa shape index (κ2) is 11.8. The van der Waals surface area contributed by atoms with E-state index in [0.717, 1.165) is 5.92 Å². The fourth-order valence-corrected chi connectivity index (χ4v) is 0.172. The summed E-state index contributed by atoms with van der Waals surface area (Å²) in [6.45, 7) is 11.6. The molecule has 11 heavy (non-hydrogen) atoms. The van der Waals surface area contributed by atoms with Gasteiger partial charge in [-0.3, -0.25) is 4.99 Å². The Kier molecular flexibility index (Phi) is 13.7. The van der Waals surface area contributed by atoms with Crippen LogP contribution in [-0.2, 0) is 0 Å². The summed E-state index contributed by atoms with van der Waals surface area (Å²) in [5.74, 6) is 0.833. The molecule has 0 amide bonds. The number of allylic oxidation sites excluding steroid dienone is 1. The summed E-state index contributed by atoms with van der Waals surface area (Å²) in [6.07, 6.45) is 4.86. The molecule has 0 aromatic heterocycles. The second-order valence-electron chi connectivity index (χ2n) is 2.66. The van der Waals surface area contributed by atoms with E-state index < -0.39 is 0 Å². The summed E-state index contributed by atoms with van der Waals surface area (Å²) >= 11 is 0. The van der Waals surface area contributed by atoms with Crippen molar-refractivity contribution >= 4 is 13.1 Å². The molecule has 0 saturated heterocycles. The summed E-state index contributed by atoms with van der Waals surface area (Å²) < 4.78 is 0. The fraction of sp³-hybridized carbons (Fsp3) is 0.556. The Morgan fingerprint density at radius 3 is 2.00 bits per heavy atom. The second-order valence-corrected chi connectivity index (χ2v) is 2.66. The monoisotopic (exact) mass is 154 g/mol. The first-order valence-corrected chi connectivity index (χ1v) is 3.73. The van der Waals surface area contributed by atoms with E-state index in [2.05, 4.69) is 37.5 Å². The SMILES string of the molecule is C=NC=N/C=C\C.CC(C)C. The van der Waals surface area contributed by atoms with Crippen LogP contribution in [0.3, 0.4) is 0 Å². The zero-order valence-corrected chi connectivity index (χ0v) is 7.91. The lowest BCUT2D eigenvalue weighted by atomic mass is 10.3. The van der Waals surface area contributed by atoms with Crippen molar-refractivity contribution in [1.29, 1.82) is 0 Å². The third kappa shape index (κ3) is 48.0. The van der Waals surface area contributed by atoms with Gasteiger partial charge in [-0.2, -0.15) is 0 Å². The van der Waals surface area contributed by atoms with Crippen molar-refractivity contribution in [3.63, 3.8) is 0 Å². The number of aliphatic imine (C=N–C) groups is 2. The molecular weight excluding hydrogens is 136 g/mol. The molecule has 0 bridgehead atoms. The third-order valence-corrected chi connectivity index (χ3v) is 0.383. The maximum Gasteiger partial charge on any atom is 0.114 e. The fourth-order valence-electron chi connectivity index (χ4n) is 0.172. The topological polar surface area (TPSA) is 24.7 Å². The molecule has 64 valence electrons. The van der Waals surface area contributed by atoms with Gasteiger partial charge in [0, 0.05) is 6.20 Å². The summed E-state index contributed by atoms with van der Waals surface area (Å²) in [4.78, 5) is 7.05. The van der Waals surface area contributed by atoms with Crippen molar-refractivity contribution < 1.29 is 0 Å². The molecule has 0 aliphatic heterocycles. The summed E-state index contributed by atoms with van der Waals surface area (Å²) in [5, 5.41) is 0. The average molecular weight is 154 g/mol. The maximum absolute atomic E-state index is 3.67. The first kappa shape index (κ1) is 12.7. The van der Waals surface area contributed by atoms with Gasteiger partial charge in [0.05, 0.1) is 0 Å². The Bertz CT molecular complexity index is 121. The molecule has 0 aromatic rings. The minimum Gasteiger partial charge on any atom is -0.253 e. The van der Waals surface area contributed by atoms with Crippen LogP contribution in [0.4, 0.5) is 0 Å². The van der Waals surface area contributed by atoms with E-state index in [1.54, 1.807) is 6.20 Å². The lowest BCUT2D eigenvalue weighted by Gasteiger charge is -1.79. The third-order valence-electron chi connectivity index (χ3n) is 0.383. The van der Waals surface area contributed by atoms with Crippen LogP contribution in [0.25, 0.3) is 0 Å². The van der Waals surface area contributed by atoms with Crippen LogP contribution in [-0.4, -0.2) is 13.1 Å². The highest BCUT2D eigenvalue weighted by Crippen LogP contribution is 1.81. The van der Waals surface area contributed by atoms with Gasteiger partial charge in [-0.1, -0.05) is 26.8 Å². The summed E-state index contributed by atoms with van der Waals surface area (Å²) in [7, 11) is 0. The van der Waals surface area contributed by atoms with Crippen molar-refractivity contribution in [2.45, 2.75) is 27.7 Å². The van der Waals surface area contributed by atoms with E-state index in [0.29, 0.717) is 0 Å². The van der Waals surface area contributed by atoms with Gasteiger partial charge in [0.1, 0.15) is 6.34 Å². The molecule has 0 fully saturated rings. The van der Waals surface area contributed by atoms with E-state index in [9.17, 15) is 0 Å². The Hall–Kier alpha value is -0.920. The Balaban J connectivity index is 0. The molecule has 0 spiro atoms. The molecule has 0 radical (unpaired) electrons. The predicted molar refractivity (Wildman–Crippen MR) is 53.4 cm³/mol. The molecule has 2 nitrogen and oxygen atoms in total. The van der Waals surface area contributed by atoms with Crippen LogP contribution < -0.4 is 0 Å². The molecule has 0 heterocycles. The smallest absolute Gasteiger partial charge is 0.114 e. The van der Waals surface area contributed by atoms with E-state index in [1.807, 2.05) is 13.0 Å². The molecule has 2 heteroatoms. The Morgan fingerprint density at radius 1 is 1.27 bits per heavy atom. The normalized spacial score (nSPS) is 10.3. The highest BCUT2D eigenvalue weighted by Gasteiger charge is 1.68. The molecule has 0 atom stereocenters. The number of hydrogen-bond acceptors (Lipinski definition) is 1. The lowest BCUT2D eigenvalue weighted by Crippen LogP contribution is -1.66. The first-order chi connectivity index (χ1) is 5.15. The molecule has 0 aliphatic carbocycles. The molecule has 0 N–H and O–H groups in total.